The van der Waals surface area contributed by atoms with E-state index < -0.39 is 0 Å². The third-order valence-electron chi connectivity index (χ3n) is 4.55. The molecule has 0 heterocycles. The van der Waals surface area contributed by atoms with Crippen LogP contribution in [0.1, 0.15) is 37.3 Å². The second-order valence-electron chi connectivity index (χ2n) is 6.33. The van der Waals surface area contributed by atoms with Crippen molar-refractivity contribution in [2.24, 2.45) is 4.99 Å². The maximum atomic E-state index is 5.40. The van der Waals surface area contributed by atoms with Crippen LogP contribution < -0.4 is 15.4 Å². The second kappa shape index (κ2) is 9.82. The number of methoxy groups -OCH3 is 1. The summed E-state index contributed by atoms with van der Waals surface area (Å²) in [6.45, 7) is 5.85. The summed E-state index contributed by atoms with van der Waals surface area (Å²) >= 11 is 1.98. The normalized spacial score (nSPS) is 20.9. The first-order valence-electron chi connectivity index (χ1n) is 8.87. The SMILES string of the molecule is CCNC(=NCCc1ccc(C)c(OC)c1)NC1CCC(SC)C1. The molecule has 0 aromatic heterocycles. The standard InChI is InChI=1S/C19H31N3OS/c1-5-20-19(22-16-8-9-17(13-16)24-4)21-11-10-15-7-6-14(2)18(12-15)23-3/h6-7,12,16-17H,5,8-11,13H2,1-4H3,(H2,20,21,22). The summed E-state index contributed by atoms with van der Waals surface area (Å²) < 4.78 is 5.40. The maximum absolute atomic E-state index is 5.40. The molecule has 2 unspecified atom stereocenters. The van der Waals surface area contributed by atoms with Gasteiger partial charge in [0.05, 0.1) is 7.11 Å². The van der Waals surface area contributed by atoms with Crippen LogP contribution in [0.5, 0.6) is 5.75 Å². The monoisotopic (exact) mass is 349 g/mol. The van der Waals surface area contributed by atoms with Gasteiger partial charge in [-0.15, -0.1) is 0 Å². The van der Waals surface area contributed by atoms with Gasteiger partial charge in [-0.05, 0) is 63.0 Å². The van der Waals surface area contributed by atoms with E-state index in [0.29, 0.717) is 6.04 Å². The topological polar surface area (TPSA) is 45.7 Å². The van der Waals surface area contributed by atoms with Crippen LogP contribution in [0.4, 0.5) is 0 Å². The zero-order valence-electron chi connectivity index (χ0n) is 15.4. The van der Waals surface area contributed by atoms with Gasteiger partial charge in [-0.3, -0.25) is 4.99 Å². The molecule has 5 heteroatoms. The van der Waals surface area contributed by atoms with Crippen molar-refractivity contribution >= 4 is 17.7 Å². The van der Waals surface area contributed by atoms with Crippen molar-refractivity contribution in [3.63, 3.8) is 0 Å². The molecule has 0 aliphatic heterocycles. The largest absolute Gasteiger partial charge is 0.496 e. The fourth-order valence-electron chi connectivity index (χ4n) is 3.12. The Kier molecular flexibility index (Phi) is 7.76. The lowest BCUT2D eigenvalue weighted by Crippen LogP contribution is -2.42. The van der Waals surface area contributed by atoms with Crippen LogP contribution in [0.2, 0.25) is 0 Å². The molecule has 0 saturated heterocycles. The van der Waals surface area contributed by atoms with Gasteiger partial charge in [-0.25, -0.2) is 0 Å². The molecule has 24 heavy (non-hydrogen) atoms. The van der Waals surface area contributed by atoms with Crippen molar-refractivity contribution in [2.75, 3.05) is 26.5 Å². The second-order valence-corrected chi connectivity index (χ2v) is 7.46. The predicted molar refractivity (Wildman–Crippen MR) is 105 cm³/mol. The van der Waals surface area contributed by atoms with E-state index in [9.17, 15) is 0 Å². The summed E-state index contributed by atoms with van der Waals surface area (Å²) in [6, 6.07) is 6.95. The number of aryl methyl sites for hydroxylation is 1. The minimum absolute atomic E-state index is 0.555. The average Bonchev–Trinajstić information content (AvgIpc) is 3.04. The third kappa shape index (κ3) is 5.62. The summed E-state index contributed by atoms with van der Waals surface area (Å²) in [4.78, 5) is 4.75. The lowest BCUT2D eigenvalue weighted by Gasteiger charge is -2.17. The number of ether oxygens (including phenoxy) is 1. The van der Waals surface area contributed by atoms with Gasteiger partial charge in [0.15, 0.2) is 5.96 Å². The molecule has 134 valence electrons. The van der Waals surface area contributed by atoms with Crippen LogP contribution in [0, 0.1) is 6.92 Å². The fraction of sp³-hybridized carbons (Fsp3) is 0.632. The number of nitrogens with one attached hydrogen (secondary N) is 2. The minimum Gasteiger partial charge on any atom is -0.496 e. The molecule has 2 atom stereocenters. The molecule has 1 aromatic rings. The first-order chi connectivity index (χ1) is 11.7. The zero-order valence-corrected chi connectivity index (χ0v) is 16.2. The van der Waals surface area contributed by atoms with E-state index in [0.717, 1.165) is 36.5 Å². The Morgan fingerprint density at radius 3 is 2.88 bits per heavy atom. The van der Waals surface area contributed by atoms with Gasteiger partial charge >= 0.3 is 0 Å². The number of rotatable bonds is 7. The molecule has 1 aliphatic carbocycles. The molecule has 1 fully saturated rings. The highest BCUT2D eigenvalue weighted by Gasteiger charge is 2.24. The number of hydrogen-bond donors (Lipinski definition) is 2. The summed E-state index contributed by atoms with van der Waals surface area (Å²) in [5.41, 5.74) is 2.43. The van der Waals surface area contributed by atoms with E-state index in [1.54, 1.807) is 7.11 Å². The molecule has 4 nitrogen and oxygen atoms in total. The van der Waals surface area contributed by atoms with Gasteiger partial charge in [0.2, 0.25) is 0 Å². The van der Waals surface area contributed by atoms with Crippen LogP contribution in [-0.4, -0.2) is 43.7 Å². The van der Waals surface area contributed by atoms with E-state index in [1.807, 2.05) is 11.8 Å². The fourth-order valence-corrected chi connectivity index (χ4v) is 3.91. The molecule has 0 amide bonds. The summed E-state index contributed by atoms with van der Waals surface area (Å²) in [5.74, 6) is 1.90. The number of nitrogens with zero attached hydrogens (tertiary/aromatic N) is 1. The van der Waals surface area contributed by atoms with E-state index in [1.165, 1.54) is 30.4 Å². The molecular weight excluding hydrogens is 318 g/mol. The van der Waals surface area contributed by atoms with E-state index in [-0.39, 0.29) is 0 Å². The van der Waals surface area contributed by atoms with Crippen LogP contribution in [-0.2, 0) is 6.42 Å². The molecule has 1 saturated carbocycles. The van der Waals surface area contributed by atoms with Crippen LogP contribution in [0.15, 0.2) is 23.2 Å². The summed E-state index contributed by atoms with van der Waals surface area (Å²) in [7, 11) is 1.72. The quantitative estimate of drug-likeness (QED) is 0.585. The molecule has 0 spiro atoms. The Labute approximate surface area is 150 Å². The summed E-state index contributed by atoms with van der Waals surface area (Å²) in [5, 5.41) is 7.76. The van der Waals surface area contributed by atoms with Gasteiger partial charge in [0, 0.05) is 24.4 Å². The molecule has 2 rings (SSSR count). The highest BCUT2D eigenvalue weighted by molar-refractivity contribution is 7.99. The summed E-state index contributed by atoms with van der Waals surface area (Å²) in [6.07, 6.45) is 6.92. The lowest BCUT2D eigenvalue weighted by molar-refractivity contribution is 0.411. The van der Waals surface area contributed by atoms with E-state index in [2.05, 4.69) is 48.9 Å². The van der Waals surface area contributed by atoms with Crippen LogP contribution >= 0.6 is 11.8 Å². The van der Waals surface area contributed by atoms with Crippen molar-refractivity contribution < 1.29 is 4.74 Å². The molecular formula is C19H31N3OS. The van der Waals surface area contributed by atoms with Gasteiger partial charge in [-0.1, -0.05) is 12.1 Å². The minimum atomic E-state index is 0.555. The number of thioether (sulfide) groups is 1. The maximum Gasteiger partial charge on any atom is 0.191 e. The van der Waals surface area contributed by atoms with Gasteiger partial charge in [0.1, 0.15) is 5.75 Å². The Balaban J connectivity index is 1.89. The van der Waals surface area contributed by atoms with Crippen molar-refractivity contribution in [1.29, 1.82) is 0 Å². The first-order valence-corrected chi connectivity index (χ1v) is 10.2. The number of benzene rings is 1. The van der Waals surface area contributed by atoms with Gasteiger partial charge in [-0.2, -0.15) is 11.8 Å². The highest BCUT2D eigenvalue weighted by atomic mass is 32.2. The van der Waals surface area contributed by atoms with Gasteiger partial charge in [0.25, 0.3) is 0 Å². The van der Waals surface area contributed by atoms with Crippen molar-refractivity contribution in [3.8, 4) is 5.75 Å². The van der Waals surface area contributed by atoms with Crippen molar-refractivity contribution in [1.82, 2.24) is 10.6 Å². The number of guanidine groups is 1. The predicted octanol–water partition coefficient (Wildman–Crippen LogP) is 3.39. The zero-order chi connectivity index (χ0) is 17.4. The van der Waals surface area contributed by atoms with Crippen molar-refractivity contribution in [2.45, 2.75) is 50.8 Å². The van der Waals surface area contributed by atoms with Crippen LogP contribution in [0.25, 0.3) is 0 Å². The van der Waals surface area contributed by atoms with Crippen molar-refractivity contribution in [3.05, 3.63) is 29.3 Å². The smallest absolute Gasteiger partial charge is 0.191 e. The molecule has 1 aromatic carbocycles. The number of hydrogen-bond acceptors (Lipinski definition) is 3. The van der Waals surface area contributed by atoms with Gasteiger partial charge < -0.3 is 15.4 Å². The average molecular weight is 350 g/mol. The third-order valence-corrected chi connectivity index (χ3v) is 5.64. The van der Waals surface area contributed by atoms with E-state index in [4.69, 9.17) is 9.73 Å². The molecule has 0 radical (unpaired) electrons. The molecule has 1 aliphatic rings. The highest BCUT2D eigenvalue weighted by Crippen LogP contribution is 2.28. The Bertz CT molecular complexity index is 547. The Hall–Kier alpha value is -1.36. The lowest BCUT2D eigenvalue weighted by atomic mass is 10.1. The van der Waals surface area contributed by atoms with E-state index >= 15 is 0 Å². The Morgan fingerprint density at radius 1 is 1.38 bits per heavy atom. The van der Waals surface area contributed by atoms with Crippen LogP contribution in [0.3, 0.4) is 0 Å². The number of aliphatic imine (C=N–C) groups is 1. The Morgan fingerprint density at radius 2 is 2.21 bits per heavy atom. The molecule has 2 N–H and O–H groups in total. The molecule has 0 bridgehead atoms. The first kappa shape index (κ1) is 19.0.